The van der Waals surface area contributed by atoms with Gasteiger partial charge < -0.3 is 10.1 Å². The lowest BCUT2D eigenvalue weighted by Crippen LogP contribution is -2.14. The Labute approximate surface area is 179 Å². The molecule has 154 valence electrons. The van der Waals surface area contributed by atoms with Crippen molar-refractivity contribution in [1.29, 1.82) is 0 Å². The second-order valence-corrected chi connectivity index (χ2v) is 6.86. The van der Waals surface area contributed by atoms with Crippen molar-refractivity contribution in [2.45, 2.75) is 6.42 Å². The smallest absolute Gasteiger partial charge is 0.259 e. The molecule has 0 bridgehead atoms. The van der Waals surface area contributed by atoms with E-state index in [0.29, 0.717) is 34.7 Å². The quantitative estimate of drug-likeness (QED) is 0.553. The van der Waals surface area contributed by atoms with Gasteiger partial charge in [0, 0.05) is 18.5 Å². The van der Waals surface area contributed by atoms with E-state index in [1.807, 2.05) is 18.2 Å². The minimum atomic E-state index is -0.583. The normalized spacial score (nSPS) is 12.7. The number of aromatic nitrogens is 2. The molecule has 5 nitrogen and oxygen atoms in total. The molecule has 31 heavy (non-hydrogen) atoms. The Kier molecular flexibility index (Phi) is 6.28. The summed E-state index contributed by atoms with van der Waals surface area (Å²) in [5.41, 5.74) is 3.23. The maximum atomic E-state index is 13.6. The molecule has 1 aromatic carbocycles. The summed E-state index contributed by atoms with van der Waals surface area (Å²) in [5, 5.41) is 2.83. The largest absolute Gasteiger partial charge is 0.488 e. The van der Waals surface area contributed by atoms with E-state index in [-0.39, 0.29) is 5.91 Å². The number of benzene rings is 1. The lowest BCUT2D eigenvalue weighted by atomic mass is 10.0. The van der Waals surface area contributed by atoms with E-state index in [1.54, 1.807) is 48.8 Å². The highest BCUT2D eigenvalue weighted by Crippen LogP contribution is 2.28. The number of carbonyl (C=O) groups excluding carboxylic acids is 1. The van der Waals surface area contributed by atoms with Crippen LogP contribution in [0.2, 0.25) is 0 Å². The molecule has 1 aliphatic carbocycles. The summed E-state index contributed by atoms with van der Waals surface area (Å²) in [4.78, 5) is 20.7. The Hall–Kier alpha value is -4.06. The number of allylic oxidation sites excluding steroid dienone is 4. The number of nitrogens with zero attached hydrogens (tertiary/aromatic N) is 2. The van der Waals surface area contributed by atoms with Gasteiger partial charge in [0.1, 0.15) is 12.4 Å². The zero-order valence-corrected chi connectivity index (χ0v) is 16.7. The van der Waals surface area contributed by atoms with Crippen LogP contribution in [-0.2, 0) is 0 Å². The van der Waals surface area contributed by atoms with Crippen LogP contribution < -0.4 is 10.1 Å². The van der Waals surface area contributed by atoms with Crippen LogP contribution >= 0.6 is 0 Å². The van der Waals surface area contributed by atoms with Crippen molar-refractivity contribution in [3.8, 4) is 16.9 Å². The van der Waals surface area contributed by atoms with E-state index in [0.717, 1.165) is 12.0 Å². The second kappa shape index (κ2) is 9.63. The molecule has 3 aromatic rings. The van der Waals surface area contributed by atoms with Crippen LogP contribution in [-0.4, -0.2) is 22.5 Å². The van der Waals surface area contributed by atoms with Crippen LogP contribution in [0.15, 0.2) is 97.0 Å². The van der Waals surface area contributed by atoms with Crippen LogP contribution in [0.3, 0.4) is 0 Å². The van der Waals surface area contributed by atoms with E-state index in [2.05, 4.69) is 27.4 Å². The number of hydrogen-bond acceptors (Lipinski definition) is 4. The SMILES string of the molecule is O=C(Nc1cccnc1)c1cc(-c2ccnc(F)c2)ccc1OCC1=CCC=CC=C1. The number of nitrogens with one attached hydrogen (secondary N) is 1. The van der Waals surface area contributed by atoms with Gasteiger partial charge in [-0.2, -0.15) is 4.39 Å². The predicted molar refractivity (Wildman–Crippen MR) is 118 cm³/mol. The molecule has 0 saturated heterocycles. The highest BCUT2D eigenvalue weighted by atomic mass is 19.1. The Morgan fingerprint density at radius 1 is 1.10 bits per heavy atom. The summed E-state index contributed by atoms with van der Waals surface area (Å²) in [6, 6.07) is 11.7. The monoisotopic (exact) mass is 413 g/mol. The topological polar surface area (TPSA) is 64.1 Å². The van der Waals surface area contributed by atoms with Crippen LogP contribution in [0.4, 0.5) is 10.1 Å². The average molecular weight is 413 g/mol. The number of anilines is 1. The molecule has 0 unspecified atom stereocenters. The Morgan fingerprint density at radius 3 is 2.84 bits per heavy atom. The molecule has 0 radical (unpaired) electrons. The fourth-order valence-electron chi connectivity index (χ4n) is 3.12. The molecular weight excluding hydrogens is 393 g/mol. The molecular formula is C25H20FN3O2. The first-order valence-electron chi connectivity index (χ1n) is 9.81. The third-order valence-electron chi connectivity index (χ3n) is 4.67. The van der Waals surface area contributed by atoms with Gasteiger partial charge in [-0.15, -0.1) is 0 Å². The van der Waals surface area contributed by atoms with Crippen molar-refractivity contribution in [2.24, 2.45) is 0 Å². The molecule has 6 heteroatoms. The molecule has 0 aliphatic heterocycles. The van der Waals surface area contributed by atoms with E-state index in [1.165, 1.54) is 12.3 Å². The molecule has 0 spiro atoms. The van der Waals surface area contributed by atoms with E-state index in [9.17, 15) is 9.18 Å². The minimum absolute atomic E-state index is 0.328. The number of pyridine rings is 2. The van der Waals surface area contributed by atoms with Crippen molar-refractivity contribution in [2.75, 3.05) is 11.9 Å². The van der Waals surface area contributed by atoms with Gasteiger partial charge >= 0.3 is 0 Å². The number of rotatable bonds is 6. The lowest BCUT2D eigenvalue weighted by molar-refractivity contribution is 0.102. The molecule has 0 saturated carbocycles. The summed E-state index contributed by atoms with van der Waals surface area (Å²) in [6.45, 7) is 0.328. The Morgan fingerprint density at radius 2 is 2.00 bits per heavy atom. The first-order chi connectivity index (χ1) is 15.2. The van der Waals surface area contributed by atoms with Crippen molar-refractivity contribution in [3.05, 3.63) is 109 Å². The lowest BCUT2D eigenvalue weighted by Gasteiger charge is -2.14. The van der Waals surface area contributed by atoms with Gasteiger partial charge in [0.2, 0.25) is 5.95 Å². The van der Waals surface area contributed by atoms with Crippen LogP contribution in [0, 0.1) is 5.95 Å². The molecule has 4 rings (SSSR count). The molecule has 1 amide bonds. The van der Waals surface area contributed by atoms with Gasteiger partial charge in [0.15, 0.2) is 0 Å². The summed E-state index contributed by atoms with van der Waals surface area (Å²) < 4.78 is 19.6. The molecule has 1 N–H and O–H groups in total. The minimum Gasteiger partial charge on any atom is -0.488 e. The first-order valence-corrected chi connectivity index (χ1v) is 9.81. The fraction of sp³-hybridized carbons (Fsp3) is 0.0800. The Bertz CT molecular complexity index is 1170. The first kappa shape index (κ1) is 20.2. The molecule has 1 aliphatic rings. The van der Waals surface area contributed by atoms with Crippen molar-refractivity contribution >= 4 is 11.6 Å². The van der Waals surface area contributed by atoms with Gasteiger partial charge in [-0.3, -0.25) is 9.78 Å². The fourth-order valence-corrected chi connectivity index (χ4v) is 3.12. The number of ether oxygens (including phenoxy) is 1. The maximum absolute atomic E-state index is 13.6. The van der Waals surface area contributed by atoms with Crippen molar-refractivity contribution < 1.29 is 13.9 Å². The summed E-state index contributed by atoms with van der Waals surface area (Å²) in [7, 11) is 0. The molecule has 2 heterocycles. The van der Waals surface area contributed by atoms with Gasteiger partial charge in [-0.25, -0.2) is 4.98 Å². The van der Waals surface area contributed by atoms with Gasteiger partial charge in [0.05, 0.1) is 17.4 Å². The molecule has 0 atom stereocenters. The average Bonchev–Trinajstić information content (AvgIpc) is 3.07. The highest BCUT2D eigenvalue weighted by molar-refractivity contribution is 6.06. The van der Waals surface area contributed by atoms with Gasteiger partial charge in [-0.1, -0.05) is 36.4 Å². The van der Waals surface area contributed by atoms with Crippen LogP contribution in [0.1, 0.15) is 16.8 Å². The second-order valence-electron chi connectivity index (χ2n) is 6.86. The number of hydrogen-bond donors (Lipinski definition) is 1. The van der Waals surface area contributed by atoms with Crippen LogP contribution in [0.5, 0.6) is 5.75 Å². The Balaban J connectivity index is 1.64. The molecule has 0 fully saturated rings. The number of carbonyl (C=O) groups is 1. The van der Waals surface area contributed by atoms with Crippen molar-refractivity contribution in [3.63, 3.8) is 0 Å². The highest BCUT2D eigenvalue weighted by Gasteiger charge is 2.16. The van der Waals surface area contributed by atoms with Gasteiger partial charge in [-0.05, 0) is 53.5 Å². The summed E-state index contributed by atoms with van der Waals surface area (Å²) in [5.74, 6) is -0.488. The van der Waals surface area contributed by atoms with E-state index in [4.69, 9.17) is 4.74 Å². The zero-order valence-electron chi connectivity index (χ0n) is 16.7. The maximum Gasteiger partial charge on any atom is 0.259 e. The number of amides is 1. The third-order valence-corrected chi connectivity index (χ3v) is 4.67. The van der Waals surface area contributed by atoms with Crippen molar-refractivity contribution in [1.82, 2.24) is 9.97 Å². The van der Waals surface area contributed by atoms with Gasteiger partial charge in [0.25, 0.3) is 5.91 Å². The summed E-state index contributed by atoms with van der Waals surface area (Å²) in [6.07, 6.45) is 15.5. The standard InChI is InChI=1S/C25H20FN3O2/c26-24-15-20(11-13-28-24)19-9-10-23(31-17-18-6-3-1-2-4-7-18)22(14-19)25(30)29-21-8-5-12-27-16-21/h1-3,5-16H,4,17H2,(H,29,30). The van der Waals surface area contributed by atoms with E-state index < -0.39 is 5.95 Å². The zero-order chi connectivity index (χ0) is 21.5. The van der Waals surface area contributed by atoms with Crippen LogP contribution in [0.25, 0.3) is 11.1 Å². The molecule has 2 aromatic heterocycles. The van der Waals surface area contributed by atoms with E-state index >= 15 is 0 Å². The summed E-state index contributed by atoms with van der Waals surface area (Å²) >= 11 is 0. The predicted octanol–water partition coefficient (Wildman–Crippen LogP) is 5.36. The number of halogens is 1. The third kappa shape index (κ3) is 5.30.